The molecule has 0 spiro atoms. The predicted molar refractivity (Wildman–Crippen MR) is 75.9 cm³/mol. The van der Waals surface area contributed by atoms with E-state index >= 15 is 0 Å². The standard InChI is InChI=1S/C14H15ClN4O/c1-9(15)14(20)16-8-13-18-17-12-7-6-10-4-2-3-5-11(10)19(12)13/h2-5,9H,6-8H2,1H3,(H,16,20). The van der Waals surface area contributed by atoms with Crippen LogP contribution in [0.25, 0.3) is 5.69 Å². The second-order valence-electron chi connectivity index (χ2n) is 4.83. The zero-order chi connectivity index (χ0) is 14.1. The first kappa shape index (κ1) is 13.1. The van der Waals surface area contributed by atoms with E-state index < -0.39 is 5.38 Å². The van der Waals surface area contributed by atoms with Crippen LogP contribution in [0, 0.1) is 0 Å². The van der Waals surface area contributed by atoms with E-state index in [-0.39, 0.29) is 5.91 Å². The number of fused-ring (bicyclic) bond motifs is 3. The van der Waals surface area contributed by atoms with Gasteiger partial charge in [-0.1, -0.05) is 18.2 Å². The number of aryl methyl sites for hydroxylation is 2. The molecule has 3 rings (SSSR count). The van der Waals surface area contributed by atoms with Crippen LogP contribution in [-0.2, 0) is 24.2 Å². The normalized spacial score (nSPS) is 14.3. The predicted octanol–water partition coefficient (Wildman–Crippen LogP) is 1.61. The topological polar surface area (TPSA) is 59.8 Å². The third kappa shape index (κ3) is 2.29. The maximum absolute atomic E-state index is 11.6. The Morgan fingerprint density at radius 2 is 2.20 bits per heavy atom. The molecule has 1 aliphatic heterocycles. The van der Waals surface area contributed by atoms with Crippen molar-refractivity contribution < 1.29 is 4.79 Å². The van der Waals surface area contributed by atoms with Crippen LogP contribution in [0.1, 0.15) is 24.1 Å². The molecule has 1 aliphatic rings. The molecule has 104 valence electrons. The summed E-state index contributed by atoms with van der Waals surface area (Å²) in [6, 6.07) is 8.19. The van der Waals surface area contributed by atoms with Crippen molar-refractivity contribution in [2.24, 2.45) is 0 Å². The molecule has 6 heteroatoms. The Hall–Kier alpha value is -1.88. The number of benzene rings is 1. The Bertz CT molecular complexity index is 650. The highest BCUT2D eigenvalue weighted by molar-refractivity contribution is 6.30. The Kier molecular flexibility index (Phi) is 3.44. The van der Waals surface area contributed by atoms with Gasteiger partial charge in [0.2, 0.25) is 5.91 Å². The highest BCUT2D eigenvalue weighted by Gasteiger charge is 2.21. The minimum Gasteiger partial charge on any atom is -0.348 e. The number of halogens is 1. The molecular formula is C14H15ClN4O. The molecule has 0 fully saturated rings. The number of alkyl halides is 1. The lowest BCUT2D eigenvalue weighted by Gasteiger charge is -2.19. The molecule has 2 heterocycles. The lowest BCUT2D eigenvalue weighted by atomic mass is 10.0. The van der Waals surface area contributed by atoms with E-state index in [1.807, 2.05) is 16.7 Å². The van der Waals surface area contributed by atoms with Crippen LogP contribution in [0.4, 0.5) is 0 Å². The van der Waals surface area contributed by atoms with Crippen LogP contribution in [-0.4, -0.2) is 26.0 Å². The van der Waals surface area contributed by atoms with Gasteiger partial charge in [0, 0.05) is 6.42 Å². The van der Waals surface area contributed by atoms with Crippen molar-refractivity contribution in [2.75, 3.05) is 0 Å². The molecular weight excluding hydrogens is 276 g/mol. The summed E-state index contributed by atoms with van der Waals surface area (Å²) in [6.45, 7) is 1.97. The smallest absolute Gasteiger partial charge is 0.238 e. The summed E-state index contributed by atoms with van der Waals surface area (Å²) in [5.41, 5.74) is 2.38. The second-order valence-corrected chi connectivity index (χ2v) is 5.49. The number of hydrogen-bond acceptors (Lipinski definition) is 3. The molecule has 1 unspecified atom stereocenters. The third-order valence-corrected chi connectivity index (χ3v) is 3.63. The zero-order valence-electron chi connectivity index (χ0n) is 11.1. The molecule has 0 aliphatic carbocycles. The van der Waals surface area contributed by atoms with Crippen molar-refractivity contribution >= 4 is 17.5 Å². The summed E-state index contributed by atoms with van der Waals surface area (Å²) < 4.78 is 2.03. The van der Waals surface area contributed by atoms with Crippen molar-refractivity contribution in [1.82, 2.24) is 20.1 Å². The van der Waals surface area contributed by atoms with E-state index in [9.17, 15) is 4.79 Å². The molecule has 5 nitrogen and oxygen atoms in total. The van der Waals surface area contributed by atoms with Gasteiger partial charge in [0.15, 0.2) is 5.82 Å². The van der Waals surface area contributed by atoms with E-state index in [1.54, 1.807) is 6.92 Å². The number of nitrogens with zero attached hydrogens (tertiary/aromatic N) is 3. The van der Waals surface area contributed by atoms with E-state index in [0.717, 1.165) is 30.2 Å². The highest BCUT2D eigenvalue weighted by Crippen LogP contribution is 2.24. The first-order chi connectivity index (χ1) is 9.66. The van der Waals surface area contributed by atoms with E-state index in [2.05, 4.69) is 27.6 Å². The summed E-state index contributed by atoms with van der Waals surface area (Å²) in [4.78, 5) is 11.6. The van der Waals surface area contributed by atoms with Crippen molar-refractivity contribution in [1.29, 1.82) is 0 Å². The molecule has 1 amide bonds. The van der Waals surface area contributed by atoms with Gasteiger partial charge >= 0.3 is 0 Å². The third-order valence-electron chi connectivity index (χ3n) is 3.43. The molecule has 20 heavy (non-hydrogen) atoms. The van der Waals surface area contributed by atoms with Crippen LogP contribution >= 0.6 is 11.6 Å². The quantitative estimate of drug-likeness (QED) is 0.874. The van der Waals surface area contributed by atoms with Gasteiger partial charge in [0.05, 0.1) is 12.2 Å². The average molecular weight is 291 g/mol. The number of nitrogens with one attached hydrogen (secondary N) is 1. The summed E-state index contributed by atoms with van der Waals surface area (Å²) in [5.74, 6) is 1.47. The molecule has 1 atom stereocenters. The molecule has 0 saturated heterocycles. The van der Waals surface area contributed by atoms with Crippen molar-refractivity contribution in [3.8, 4) is 5.69 Å². The van der Waals surface area contributed by atoms with Gasteiger partial charge in [-0.05, 0) is 25.0 Å². The van der Waals surface area contributed by atoms with E-state index in [0.29, 0.717) is 6.54 Å². The highest BCUT2D eigenvalue weighted by atomic mass is 35.5. The maximum atomic E-state index is 11.6. The monoisotopic (exact) mass is 290 g/mol. The van der Waals surface area contributed by atoms with Gasteiger partial charge in [-0.3, -0.25) is 9.36 Å². The van der Waals surface area contributed by atoms with Gasteiger partial charge in [-0.25, -0.2) is 0 Å². The number of hydrogen-bond donors (Lipinski definition) is 1. The number of carbonyl (C=O) groups excluding carboxylic acids is 1. The average Bonchev–Trinajstić information content (AvgIpc) is 2.88. The molecule has 2 aromatic rings. The van der Waals surface area contributed by atoms with Crippen LogP contribution < -0.4 is 5.32 Å². The van der Waals surface area contributed by atoms with Crippen LogP contribution in [0.15, 0.2) is 24.3 Å². The van der Waals surface area contributed by atoms with Gasteiger partial charge in [-0.2, -0.15) is 0 Å². The molecule has 1 aromatic heterocycles. The van der Waals surface area contributed by atoms with Gasteiger partial charge < -0.3 is 5.32 Å². The number of para-hydroxylation sites is 1. The summed E-state index contributed by atoms with van der Waals surface area (Å²) >= 11 is 5.74. The molecule has 1 N–H and O–H groups in total. The zero-order valence-corrected chi connectivity index (χ0v) is 11.9. The molecule has 1 aromatic carbocycles. The lowest BCUT2D eigenvalue weighted by Crippen LogP contribution is -2.30. The molecule has 0 bridgehead atoms. The number of amides is 1. The first-order valence-electron chi connectivity index (χ1n) is 6.60. The fraction of sp³-hybridized carbons (Fsp3) is 0.357. The van der Waals surface area contributed by atoms with Crippen LogP contribution in [0.2, 0.25) is 0 Å². The Balaban J connectivity index is 1.90. The SMILES string of the molecule is CC(Cl)C(=O)NCc1nnc2n1-c1ccccc1CC2. The van der Waals surface area contributed by atoms with Crippen molar-refractivity contribution in [2.45, 2.75) is 31.7 Å². The van der Waals surface area contributed by atoms with Gasteiger partial charge in [0.1, 0.15) is 11.2 Å². The number of aromatic nitrogens is 3. The Labute approximate surface area is 122 Å². The largest absolute Gasteiger partial charge is 0.348 e. The summed E-state index contributed by atoms with van der Waals surface area (Å²) in [5, 5.41) is 10.6. The van der Waals surface area contributed by atoms with Crippen LogP contribution in [0.3, 0.4) is 0 Å². The fourth-order valence-corrected chi connectivity index (χ4v) is 2.48. The van der Waals surface area contributed by atoms with Crippen molar-refractivity contribution in [3.05, 3.63) is 41.5 Å². The summed E-state index contributed by atoms with van der Waals surface area (Å²) in [6.07, 6.45) is 1.84. The Morgan fingerprint density at radius 3 is 3.00 bits per heavy atom. The number of carbonyl (C=O) groups is 1. The maximum Gasteiger partial charge on any atom is 0.238 e. The summed E-state index contributed by atoms with van der Waals surface area (Å²) in [7, 11) is 0. The van der Waals surface area contributed by atoms with Gasteiger partial charge in [-0.15, -0.1) is 21.8 Å². The molecule has 0 radical (unpaired) electrons. The Morgan fingerprint density at radius 1 is 1.40 bits per heavy atom. The minimum atomic E-state index is -0.550. The van der Waals surface area contributed by atoms with Crippen LogP contribution in [0.5, 0.6) is 0 Å². The fourth-order valence-electron chi connectivity index (χ4n) is 2.40. The second kappa shape index (κ2) is 5.25. The van der Waals surface area contributed by atoms with Crippen molar-refractivity contribution in [3.63, 3.8) is 0 Å². The minimum absolute atomic E-state index is 0.201. The van der Waals surface area contributed by atoms with E-state index in [1.165, 1.54) is 5.56 Å². The number of rotatable bonds is 3. The lowest BCUT2D eigenvalue weighted by molar-refractivity contribution is -0.120. The van der Waals surface area contributed by atoms with E-state index in [4.69, 9.17) is 11.6 Å². The molecule has 0 saturated carbocycles. The first-order valence-corrected chi connectivity index (χ1v) is 7.03. The van der Waals surface area contributed by atoms with Gasteiger partial charge in [0.25, 0.3) is 0 Å².